The summed E-state index contributed by atoms with van der Waals surface area (Å²) in [6, 6.07) is 9.53. The molecule has 0 radical (unpaired) electrons. The summed E-state index contributed by atoms with van der Waals surface area (Å²) in [4.78, 5) is 46.3. The number of aromatic amines is 1. The normalized spacial score (nSPS) is 20.2. The van der Waals surface area contributed by atoms with Gasteiger partial charge in [-0.3, -0.25) is 19.5 Å². The fraction of sp³-hybridized carbons (Fsp3) is 0.459. The largest absolute Gasteiger partial charge is 0.455 e. The topological polar surface area (TPSA) is 118 Å². The van der Waals surface area contributed by atoms with Crippen LogP contribution in [0.5, 0.6) is 11.5 Å². The van der Waals surface area contributed by atoms with Gasteiger partial charge in [-0.05, 0) is 60.8 Å². The average molecular weight is 706 g/mol. The second kappa shape index (κ2) is 14.2. The van der Waals surface area contributed by atoms with Gasteiger partial charge in [-0.15, -0.1) is 0 Å². The van der Waals surface area contributed by atoms with E-state index in [4.69, 9.17) is 9.72 Å². The maximum Gasteiger partial charge on any atom is 0.416 e. The van der Waals surface area contributed by atoms with E-state index in [9.17, 15) is 27.9 Å². The minimum absolute atomic E-state index is 0.0431. The van der Waals surface area contributed by atoms with Gasteiger partial charge in [0, 0.05) is 71.0 Å². The Balaban J connectivity index is 1.07. The molecule has 3 aliphatic rings. The highest BCUT2D eigenvalue weighted by molar-refractivity contribution is 5.98. The highest BCUT2D eigenvalue weighted by atomic mass is 19.4. The van der Waals surface area contributed by atoms with Crippen molar-refractivity contribution in [3.8, 4) is 11.5 Å². The minimum atomic E-state index is -4.53. The summed E-state index contributed by atoms with van der Waals surface area (Å²) in [5, 5.41) is 10.5. The SMILES string of the molecule is CC[C@H]1CN(C(=O)Cc2ccc(CN3CCN(C)CC3)c(C(F)(F)F)c2)Cc2cc(Oc3ccnc4[nH]c(C(=O)N5CC[C@@H](O)C5)cc34)cnc21. The van der Waals surface area contributed by atoms with Crippen molar-refractivity contribution in [3.63, 3.8) is 0 Å². The molecule has 2 atom stereocenters. The zero-order chi connectivity index (χ0) is 35.9. The number of aromatic nitrogens is 3. The lowest BCUT2D eigenvalue weighted by Gasteiger charge is -2.34. The number of pyridine rings is 2. The quantitative estimate of drug-likeness (QED) is 0.269. The Bertz CT molecular complexity index is 1920. The molecular formula is C37H42F3N7O4. The van der Waals surface area contributed by atoms with Crippen molar-refractivity contribution in [1.82, 2.24) is 34.6 Å². The standard InChI is InChI=1S/C37H42F3N7O4/c1-3-24-20-47(33(49)15-23-4-5-25(30(14-23)37(38,39)40)19-45-12-10-44(2)11-13-45)21-26-16-28(18-42-34(24)26)51-32-6-8-41-35-29(32)17-31(43-35)36(50)46-9-7-27(48)22-46/h4-6,8,14,16-18,24,27,48H,3,7,9-13,15,19-22H2,1-2H3,(H,41,43)/t24-,27+/m0/s1. The number of aliphatic hydroxyl groups is 1. The monoisotopic (exact) mass is 705 g/mol. The molecule has 51 heavy (non-hydrogen) atoms. The molecule has 7 rings (SSSR count). The highest BCUT2D eigenvalue weighted by Crippen LogP contribution is 2.36. The van der Waals surface area contributed by atoms with Gasteiger partial charge >= 0.3 is 6.18 Å². The lowest BCUT2D eigenvalue weighted by Crippen LogP contribution is -2.44. The van der Waals surface area contributed by atoms with Crippen molar-refractivity contribution in [2.24, 2.45) is 0 Å². The first kappa shape index (κ1) is 34.9. The van der Waals surface area contributed by atoms with Crippen molar-refractivity contribution in [3.05, 3.63) is 82.4 Å². The molecule has 2 N–H and O–H groups in total. The number of hydrogen-bond acceptors (Lipinski definition) is 8. The van der Waals surface area contributed by atoms with Gasteiger partial charge in [-0.2, -0.15) is 13.2 Å². The van der Waals surface area contributed by atoms with Crippen LogP contribution in [0.3, 0.4) is 0 Å². The van der Waals surface area contributed by atoms with Gasteiger partial charge in [0.15, 0.2) is 0 Å². The zero-order valence-electron chi connectivity index (χ0n) is 28.7. The number of fused-ring (bicyclic) bond motifs is 2. The van der Waals surface area contributed by atoms with Gasteiger partial charge in [-0.1, -0.05) is 19.1 Å². The number of ether oxygens (including phenoxy) is 1. The second-order valence-corrected chi connectivity index (χ2v) is 13.9. The molecule has 11 nitrogen and oxygen atoms in total. The van der Waals surface area contributed by atoms with Gasteiger partial charge in [0.05, 0.1) is 35.4 Å². The Morgan fingerprint density at radius 2 is 1.82 bits per heavy atom. The number of alkyl halides is 3. The molecule has 0 aliphatic carbocycles. The number of likely N-dealkylation sites (N-methyl/N-ethyl adjacent to an activating group) is 1. The number of rotatable bonds is 8. The lowest BCUT2D eigenvalue weighted by molar-refractivity contribution is -0.139. The van der Waals surface area contributed by atoms with Crippen LogP contribution in [0.25, 0.3) is 11.0 Å². The van der Waals surface area contributed by atoms with E-state index in [1.807, 2.05) is 24.9 Å². The number of halogens is 3. The number of benzene rings is 1. The number of aliphatic hydroxyl groups excluding tert-OH is 1. The van der Waals surface area contributed by atoms with Crippen molar-refractivity contribution < 1.29 is 32.6 Å². The van der Waals surface area contributed by atoms with Crippen molar-refractivity contribution in [2.75, 3.05) is 52.9 Å². The molecule has 3 aliphatic heterocycles. The van der Waals surface area contributed by atoms with E-state index in [2.05, 4.69) is 14.9 Å². The summed E-state index contributed by atoms with van der Waals surface area (Å²) >= 11 is 0. The molecule has 2 fully saturated rings. The molecule has 6 heterocycles. The molecule has 0 unspecified atom stereocenters. The van der Waals surface area contributed by atoms with Crippen LogP contribution in [0.2, 0.25) is 0 Å². The lowest BCUT2D eigenvalue weighted by atomic mass is 9.92. The molecule has 3 aromatic heterocycles. The summed E-state index contributed by atoms with van der Waals surface area (Å²) < 4.78 is 48.9. The molecule has 0 saturated carbocycles. The number of nitrogens with one attached hydrogen (secondary N) is 1. The van der Waals surface area contributed by atoms with E-state index in [1.54, 1.807) is 40.4 Å². The molecule has 2 saturated heterocycles. The number of amides is 2. The fourth-order valence-corrected chi connectivity index (χ4v) is 7.28. The maximum absolute atomic E-state index is 14.2. The summed E-state index contributed by atoms with van der Waals surface area (Å²) in [5.41, 5.74) is 2.36. The van der Waals surface area contributed by atoms with Crippen LogP contribution in [-0.4, -0.2) is 110 Å². The highest BCUT2D eigenvalue weighted by Gasteiger charge is 2.35. The van der Waals surface area contributed by atoms with Crippen LogP contribution >= 0.6 is 0 Å². The average Bonchev–Trinajstić information content (AvgIpc) is 3.75. The molecule has 2 amide bonds. The van der Waals surface area contributed by atoms with Gasteiger partial charge < -0.3 is 29.5 Å². The third-order valence-corrected chi connectivity index (χ3v) is 10.2. The second-order valence-electron chi connectivity index (χ2n) is 13.9. The van der Waals surface area contributed by atoms with Gasteiger partial charge in [0.1, 0.15) is 22.8 Å². The number of β-amino-alcohol motifs (C(OH)–C–C–N with tert-alkyl or cyclic N) is 1. The van der Waals surface area contributed by atoms with Gasteiger partial charge in [-0.25, -0.2) is 4.98 Å². The van der Waals surface area contributed by atoms with Crippen molar-refractivity contribution in [1.29, 1.82) is 0 Å². The molecule has 14 heteroatoms. The van der Waals surface area contributed by atoms with Gasteiger partial charge in [0.2, 0.25) is 5.91 Å². The Hall–Kier alpha value is -4.53. The number of carbonyl (C=O) groups is 2. The molecule has 0 spiro atoms. The summed E-state index contributed by atoms with van der Waals surface area (Å²) in [7, 11) is 2.00. The smallest absolute Gasteiger partial charge is 0.416 e. The Kier molecular flexibility index (Phi) is 9.74. The van der Waals surface area contributed by atoms with Crippen LogP contribution in [0, 0.1) is 0 Å². The van der Waals surface area contributed by atoms with E-state index in [1.165, 1.54) is 6.07 Å². The first-order chi connectivity index (χ1) is 24.4. The number of carbonyl (C=O) groups excluding carboxylic acids is 2. The number of piperazine rings is 1. The molecule has 270 valence electrons. The summed E-state index contributed by atoms with van der Waals surface area (Å²) in [6.07, 6.45) is -0.736. The van der Waals surface area contributed by atoms with Crippen molar-refractivity contribution in [2.45, 2.75) is 57.5 Å². The molecule has 1 aromatic carbocycles. The molecular weight excluding hydrogens is 663 g/mol. The predicted octanol–water partition coefficient (Wildman–Crippen LogP) is 4.80. The van der Waals surface area contributed by atoms with E-state index in [0.717, 1.165) is 36.8 Å². The summed E-state index contributed by atoms with van der Waals surface area (Å²) in [6.45, 7) is 6.69. The Morgan fingerprint density at radius 3 is 2.55 bits per heavy atom. The zero-order valence-corrected chi connectivity index (χ0v) is 28.7. The number of nitrogens with zero attached hydrogens (tertiary/aromatic N) is 6. The van der Waals surface area contributed by atoms with E-state index in [0.29, 0.717) is 66.4 Å². The third-order valence-electron chi connectivity index (χ3n) is 10.2. The third kappa shape index (κ3) is 7.58. The fourth-order valence-electron chi connectivity index (χ4n) is 7.28. The van der Waals surface area contributed by atoms with Crippen molar-refractivity contribution >= 4 is 22.8 Å². The van der Waals surface area contributed by atoms with E-state index >= 15 is 0 Å². The first-order valence-corrected chi connectivity index (χ1v) is 17.4. The predicted molar refractivity (Wildman–Crippen MR) is 183 cm³/mol. The van der Waals surface area contributed by atoms with E-state index in [-0.39, 0.29) is 49.4 Å². The number of H-pyrrole nitrogens is 1. The van der Waals surface area contributed by atoms with Crippen LogP contribution in [-0.2, 0) is 30.5 Å². The summed E-state index contributed by atoms with van der Waals surface area (Å²) in [5.74, 6) is 0.381. The Labute approximate surface area is 294 Å². The van der Waals surface area contributed by atoms with Crippen LogP contribution in [0.4, 0.5) is 13.2 Å². The maximum atomic E-state index is 14.2. The molecule has 0 bridgehead atoms. The number of hydrogen-bond donors (Lipinski definition) is 2. The first-order valence-electron chi connectivity index (χ1n) is 17.4. The minimum Gasteiger partial charge on any atom is -0.455 e. The Morgan fingerprint density at radius 1 is 1.02 bits per heavy atom. The van der Waals surface area contributed by atoms with Crippen LogP contribution in [0.1, 0.15) is 64.1 Å². The van der Waals surface area contributed by atoms with Crippen LogP contribution < -0.4 is 4.74 Å². The number of likely N-dealkylation sites (tertiary alicyclic amines) is 1. The van der Waals surface area contributed by atoms with E-state index < -0.39 is 17.8 Å². The van der Waals surface area contributed by atoms with Crippen LogP contribution in [0.15, 0.2) is 48.8 Å². The van der Waals surface area contributed by atoms with Gasteiger partial charge in [0.25, 0.3) is 5.91 Å². The molecule has 4 aromatic rings.